The minimum absolute atomic E-state index is 0.125. The summed E-state index contributed by atoms with van der Waals surface area (Å²) in [5.41, 5.74) is 3.34. The molecule has 0 saturated heterocycles. The number of aryl methyl sites for hydroxylation is 1. The van der Waals surface area contributed by atoms with Crippen LogP contribution in [0.25, 0.3) is 17.1 Å². The minimum Gasteiger partial charge on any atom is -0.492 e. The predicted octanol–water partition coefficient (Wildman–Crippen LogP) is 4.74. The van der Waals surface area contributed by atoms with E-state index in [1.54, 1.807) is 61.8 Å². The monoisotopic (exact) mass is 677 g/mol. The van der Waals surface area contributed by atoms with Gasteiger partial charge in [0.25, 0.3) is 5.91 Å². The van der Waals surface area contributed by atoms with E-state index >= 15 is 0 Å². The van der Waals surface area contributed by atoms with E-state index in [1.165, 1.54) is 34.7 Å². The summed E-state index contributed by atoms with van der Waals surface area (Å²) < 4.78 is 61.5. The molecular weight excluding hydrogens is 643 g/mol. The average molecular weight is 678 g/mol. The summed E-state index contributed by atoms with van der Waals surface area (Å²) in [5.74, 6) is -0.307. The van der Waals surface area contributed by atoms with Crippen molar-refractivity contribution < 1.29 is 26.4 Å². The van der Waals surface area contributed by atoms with Crippen LogP contribution < -0.4 is 14.8 Å². The van der Waals surface area contributed by atoms with Gasteiger partial charge in [-0.05, 0) is 59.9 Å². The van der Waals surface area contributed by atoms with Crippen molar-refractivity contribution in [1.29, 1.82) is 0 Å². The highest BCUT2D eigenvalue weighted by Gasteiger charge is 2.26. The molecule has 0 aliphatic heterocycles. The lowest BCUT2D eigenvalue weighted by Gasteiger charge is -2.24. The number of hydrogen-bond donors (Lipinski definition) is 2. The number of ether oxygens (including phenoxy) is 1. The molecule has 0 unspecified atom stereocenters. The summed E-state index contributed by atoms with van der Waals surface area (Å²) in [4.78, 5) is 17.9. The molecule has 2 N–H and O–H groups in total. The maximum atomic E-state index is 13.6. The van der Waals surface area contributed by atoms with Crippen molar-refractivity contribution in [3.8, 4) is 22.8 Å². The Labute approximate surface area is 273 Å². The first-order valence-corrected chi connectivity index (χ1v) is 17.7. The average Bonchev–Trinajstić information content (AvgIpc) is 3.63. The van der Waals surface area contributed by atoms with Crippen molar-refractivity contribution >= 4 is 37.1 Å². The predicted molar refractivity (Wildman–Crippen MR) is 178 cm³/mol. The normalized spacial score (nSPS) is 12.1. The van der Waals surface area contributed by atoms with Crippen LogP contribution in [0.3, 0.4) is 0 Å². The van der Waals surface area contributed by atoms with Crippen molar-refractivity contribution in [3.63, 3.8) is 0 Å². The summed E-state index contributed by atoms with van der Waals surface area (Å²) in [5, 5.41) is 11.2. The summed E-state index contributed by atoms with van der Waals surface area (Å²) in [6, 6.07) is 16.5. The van der Waals surface area contributed by atoms with Crippen LogP contribution in [0.1, 0.15) is 42.3 Å². The van der Waals surface area contributed by atoms with E-state index in [2.05, 4.69) is 25.3 Å². The Morgan fingerprint density at radius 2 is 1.64 bits per heavy atom. The number of sulfone groups is 1. The van der Waals surface area contributed by atoms with Gasteiger partial charge in [0, 0.05) is 12.6 Å². The van der Waals surface area contributed by atoms with Gasteiger partial charge < -0.3 is 14.6 Å². The van der Waals surface area contributed by atoms with Gasteiger partial charge >= 0.3 is 0 Å². The van der Waals surface area contributed by atoms with Crippen molar-refractivity contribution in [2.24, 2.45) is 7.05 Å². The molecule has 15 heteroatoms. The maximum Gasteiger partial charge on any atom is 0.255 e. The number of benzene rings is 3. The third kappa shape index (κ3) is 6.90. The van der Waals surface area contributed by atoms with Crippen molar-refractivity contribution in [1.82, 2.24) is 24.5 Å². The fourth-order valence-corrected chi connectivity index (χ4v) is 6.85. The van der Waals surface area contributed by atoms with E-state index in [9.17, 15) is 21.6 Å². The molecule has 1 amide bonds. The van der Waals surface area contributed by atoms with Crippen LogP contribution in [0, 0.1) is 6.92 Å². The number of nitrogens with zero attached hydrogens (tertiary/aromatic N) is 5. The van der Waals surface area contributed by atoms with Crippen LogP contribution in [0.4, 0.5) is 11.4 Å². The Bertz CT molecular complexity index is 2200. The van der Waals surface area contributed by atoms with E-state index in [4.69, 9.17) is 4.74 Å². The number of carbonyl (C=O) groups excluding carboxylic acids is 1. The molecule has 3 aromatic carbocycles. The van der Waals surface area contributed by atoms with Crippen molar-refractivity contribution in [2.45, 2.75) is 43.2 Å². The van der Waals surface area contributed by atoms with E-state index in [0.717, 1.165) is 17.4 Å². The van der Waals surface area contributed by atoms with Gasteiger partial charge in [-0.15, -0.1) is 5.10 Å². The maximum absolute atomic E-state index is 13.6. The molecule has 0 atom stereocenters. The zero-order chi connectivity index (χ0) is 34.3. The third-order valence-corrected chi connectivity index (χ3v) is 9.76. The Hall–Kier alpha value is -5.02. The highest BCUT2D eigenvalue weighted by Crippen LogP contribution is 2.39. The van der Waals surface area contributed by atoms with Gasteiger partial charge in [0.05, 0.1) is 53.4 Å². The summed E-state index contributed by atoms with van der Waals surface area (Å²) >= 11 is 0. The molecule has 0 aliphatic rings. The zero-order valence-electron chi connectivity index (χ0n) is 26.9. The Kier molecular flexibility index (Phi) is 8.73. The molecule has 0 aliphatic carbocycles. The molecule has 246 valence electrons. The first kappa shape index (κ1) is 33.3. The standard InChI is InChI=1S/C32H35N7O6S2/c1-20-13-14-21(30(40)34-24-16-22(32(2,3)4)17-25(29(24)45-6)36-46(7,41)42)15-27(20)39-19-26(35-37-39)28-18-33-31(38(28)5)47(43,44)23-11-9-8-10-12-23/h8-19,36H,1-7H3,(H,34,40). The number of aromatic nitrogens is 5. The highest BCUT2D eigenvalue weighted by molar-refractivity contribution is 7.92. The van der Waals surface area contributed by atoms with Gasteiger partial charge in [0.1, 0.15) is 5.69 Å². The number of hydrogen-bond acceptors (Lipinski definition) is 9. The molecule has 0 spiro atoms. The third-order valence-electron chi connectivity index (χ3n) is 7.42. The SMILES string of the molecule is COc1c(NC(=O)c2ccc(C)c(-n3cc(-c4cnc(S(=O)(=O)c5ccccc5)n4C)nn3)c2)cc(C(C)(C)C)cc1NS(C)(=O)=O. The topological polar surface area (TPSA) is 167 Å². The lowest BCUT2D eigenvalue weighted by atomic mass is 9.86. The van der Waals surface area contributed by atoms with Crippen LogP contribution in [0.2, 0.25) is 0 Å². The van der Waals surface area contributed by atoms with Crippen molar-refractivity contribution in [3.05, 3.63) is 89.7 Å². The van der Waals surface area contributed by atoms with E-state index in [-0.39, 0.29) is 26.9 Å². The van der Waals surface area contributed by atoms with E-state index < -0.39 is 25.8 Å². The van der Waals surface area contributed by atoms with Gasteiger partial charge in [-0.2, -0.15) is 0 Å². The molecule has 0 radical (unpaired) electrons. The number of methoxy groups -OCH3 is 1. The second-order valence-corrected chi connectivity index (χ2v) is 15.6. The first-order valence-electron chi connectivity index (χ1n) is 14.4. The molecule has 5 rings (SSSR count). The molecule has 0 bridgehead atoms. The van der Waals surface area contributed by atoms with Gasteiger partial charge in [0.2, 0.25) is 25.0 Å². The fraction of sp³-hybridized carbons (Fsp3) is 0.250. The molecule has 0 saturated carbocycles. The Morgan fingerprint density at radius 1 is 0.957 bits per heavy atom. The number of sulfonamides is 1. The van der Waals surface area contributed by atoms with E-state index in [1.807, 2.05) is 27.7 Å². The lowest BCUT2D eigenvalue weighted by Crippen LogP contribution is -2.18. The van der Waals surface area contributed by atoms with Gasteiger partial charge in [-0.25, -0.2) is 26.5 Å². The number of anilines is 2. The van der Waals surface area contributed by atoms with Gasteiger partial charge in [0.15, 0.2) is 5.75 Å². The second kappa shape index (κ2) is 12.3. The highest BCUT2D eigenvalue weighted by atomic mass is 32.2. The first-order chi connectivity index (χ1) is 22.0. The van der Waals surface area contributed by atoms with Crippen LogP contribution in [0.5, 0.6) is 5.75 Å². The number of imidazole rings is 1. The van der Waals surface area contributed by atoms with Crippen LogP contribution in [-0.2, 0) is 32.3 Å². The van der Waals surface area contributed by atoms with Crippen molar-refractivity contribution in [2.75, 3.05) is 23.4 Å². The molecule has 13 nitrogen and oxygen atoms in total. The number of amides is 1. The quantitative estimate of drug-likeness (QED) is 0.224. The minimum atomic E-state index is -3.87. The fourth-order valence-electron chi connectivity index (χ4n) is 4.93. The number of carbonyl (C=O) groups is 1. The molecule has 0 fully saturated rings. The van der Waals surface area contributed by atoms with Crippen LogP contribution in [0.15, 0.2) is 83.1 Å². The van der Waals surface area contributed by atoms with Crippen LogP contribution >= 0.6 is 0 Å². The summed E-state index contributed by atoms with van der Waals surface area (Å²) in [7, 11) is -4.53. The van der Waals surface area contributed by atoms with Crippen LogP contribution in [-0.4, -0.2) is 60.7 Å². The number of rotatable bonds is 9. The summed E-state index contributed by atoms with van der Waals surface area (Å²) in [6.07, 6.45) is 4.09. The number of nitrogens with one attached hydrogen (secondary N) is 2. The molecular formula is C32H35N7O6S2. The molecule has 5 aromatic rings. The lowest BCUT2D eigenvalue weighted by molar-refractivity contribution is 0.102. The smallest absolute Gasteiger partial charge is 0.255 e. The van der Waals surface area contributed by atoms with Gasteiger partial charge in [-0.3, -0.25) is 9.52 Å². The Morgan fingerprint density at radius 3 is 2.28 bits per heavy atom. The Balaban J connectivity index is 1.47. The van der Waals surface area contributed by atoms with E-state index in [0.29, 0.717) is 28.3 Å². The summed E-state index contributed by atoms with van der Waals surface area (Å²) in [6.45, 7) is 7.76. The van der Waals surface area contributed by atoms with Gasteiger partial charge in [-0.1, -0.05) is 50.3 Å². The molecule has 2 aromatic heterocycles. The second-order valence-electron chi connectivity index (χ2n) is 12.0. The zero-order valence-corrected chi connectivity index (χ0v) is 28.6. The largest absolute Gasteiger partial charge is 0.492 e. The molecule has 2 heterocycles. The molecule has 47 heavy (non-hydrogen) atoms.